The van der Waals surface area contributed by atoms with Crippen molar-refractivity contribution in [3.8, 4) is 5.75 Å². The summed E-state index contributed by atoms with van der Waals surface area (Å²) in [7, 11) is 0. The van der Waals surface area contributed by atoms with Gasteiger partial charge in [0.1, 0.15) is 11.9 Å². The molecule has 1 heterocycles. The average Bonchev–Trinajstić information content (AvgIpc) is 2.40. The molecule has 0 saturated heterocycles. The zero-order valence-electron chi connectivity index (χ0n) is 9.91. The largest absolute Gasteiger partial charge is 0.508 e. The SMILES string of the molecule is CC(OC(=S)c1ccc(O)cc1)c1ccccn1. The quantitative estimate of drug-likeness (QED) is 0.859. The van der Waals surface area contributed by atoms with E-state index in [4.69, 9.17) is 17.0 Å². The van der Waals surface area contributed by atoms with Crippen molar-refractivity contribution in [1.82, 2.24) is 4.98 Å². The number of ether oxygens (including phenoxy) is 1. The normalized spacial score (nSPS) is 11.8. The number of hydrogen-bond donors (Lipinski definition) is 1. The third kappa shape index (κ3) is 3.05. The molecule has 3 nitrogen and oxygen atoms in total. The van der Waals surface area contributed by atoms with E-state index in [-0.39, 0.29) is 11.9 Å². The van der Waals surface area contributed by atoms with Crippen LogP contribution in [-0.2, 0) is 4.74 Å². The minimum Gasteiger partial charge on any atom is -0.508 e. The van der Waals surface area contributed by atoms with E-state index in [2.05, 4.69) is 4.98 Å². The number of benzene rings is 1. The number of aromatic nitrogens is 1. The van der Waals surface area contributed by atoms with Crippen molar-refractivity contribution >= 4 is 17.3 Å². The molecule has 0 aliphatic rings. The van der Waals surface area contributed by atoms with E-state index in [9.17, 15) is 5.11 Å². The summed E-state index contributed by atoms with van der Waals surface area (Å²) in [6.45, 7) is 1.90. The third-order valence-corrected chi connectivity index (χ3v) is 2.82. The van der Waals surface area contributed by atoms with Crippen molar-refractivity contribution in [3.05, 3.63) is 59.9 Å². The molecule has 0 saturated carbocycles. The standard InChI is InChI=1S/C14H13NO2S/c1-10(13-4-2-3-9-15-13)17-14(18)11-5-7-12(16)8-6-11/h2-10,16H,1H3. The molecule has 0 radical (unpaired) electrons. The molecule has 1 N–H and O–H groups in total. The minimum absolute atomic E-state index is 0.201. The van der Waals surface area contributed by atoms with E-state index in [0.717, 1.165) is 11.3 Å². The molecule has 0 aliphatic heterocycles. The Morgan fingerprint density at radius 3 is 2.56 bits per heavy atom. The van der Waals surface area contributed by atoms with Gasteiger partial charge in [-0.15, -0.1) is 0 Å². The molecule has 1 aromatic carbocycles. The summed E-state index contributed by atoms with van der Waals surface area (Å²) in [5, 5.41) is 9.60. The van der Waals surface area contributed by atoms with Gasteiger partial charge in [0.2, 0.25) is 0 Å². The molecule has 1 unspecified atom stereocenters. The van der Waals surface area contributed by atoms with Crippen molar-refractivity contribution < 1.29 is 9.84 Å². The van der Waals surface area contributed by atoms with Crippen LogP contribution in [0.1, 0.15) is 24.3 Å². The number of phenols is 1. The van der Waals surface area contributed by atoms with Gasteiger partial charge in [0.15, 0.2) is 5.05 Å². The second-order valence-corrected chi connectivity index (χ2v) is 4.22. The maximum atomic E-state index is 9.20. The Morgan fingerprint density at radius 2 is 1.94 bits per heavy atom. The fourth-order valence-electron chi connectivity index (χ4n) is 1.50. The van der Waals surface area contributed by atoms with Crippen LogP contribution in [0.25, 0.3) is 0 Å². The number of nitrogens with zero attached hydrogens (tertiary/aromatic N) is 1. The molecule has 1 aromatic heterocycles. The van der Waals surface area contributed by atoms with Crippen LogP contribution in [0, 0.1) is 0 Å². The van der Waals surface area contributed by atoms with Crippen LogP contribution in [0.4, 0.5) is 0 Å². The Labute approximate surface area is 111 Å². The predicted molar refractivity (Wildman–Crippen MR) is 73.5 cm³/mol. The van der Waals surface area contributed by atoms with Crippen LogP contribution < -0.4 is 0 Å². The predicted octanol–water partition coefficient (Wildman–Crippen LogP) is 3.24. The molecule has 0 spiro atoms. The highest BCUT2D eigenvalue weighted by Gasteiger charge is 2.11. The molecule has 0 aliphatic carbocycles. The number of hydrogen-bond acceptors (Lipinski definition) is 4. The second kappa shape index (κ2) is 5.60. The van der Waals surface area contributed by atoms with Gasteiger partial charge in [-0.2, -0.15) is 0 Å². The molecular weight excluding hydrogens is 246 g/mol. The fourth-order valence-corrected chi connectivity index (χ4v) is 1.78. The maximum Gasteiger partial charge on any atom is 0.191 e. The van der Waals surface area contributed by atoms with Gasteiger partial charge in [0.25, 0.3) is 0 Å². The van der Waals surface area contributed by atoms with Crippen LogP contribution >= 0.6 is 12.2 Å². The average molecular weight is 259 g/mol. The summed E-state index contributed by atoms with van der Waals surface area (Å²) in [6, 6.07) is 12.3. The molecule has 2 aromatic rings. The lowest BCUT2D eigenvalue weighted by Crippen LogP contribution is -2.09. The Morgan fingerprint density at radius 1 is 1.22 bits per heavy atom. The molecule has 4 heteroatoms. The number of aromatic hydroxyl groups is 1. The van der Waals surface area contributed by atoms with Gasteiger partial charge >= 0.3 is 0 Å². The van der Waals surface area contributed by atoms with E-state index in [0.29, 0.717) is 5.05 Å². The first-order valence-electron chi connectivity index (χ1n) is 5.58. The van der Waals surface area contributed by atoms with E-state index >= 15 is 0 Å². The highest BCUT2D eigenvalue weighted by atomic mass is 32.1. The fraction of sp³-hybridized carbons (Fsp3) is 0.143. The Bertz CT molecular complexity index is 525. The van der Waals surface area contributed by atoms with Crippen molar-refractivity contribution in [2.24, 2.45) is 0 Å². The van der Waals surface area contributed by atoms with Gasteiger partial charge in [-0.25, -0.2) is 0 Å². The number of rotatable bonds is 3. The van der Waals surface area contributed by atoms with E-state index < -0.39 is 0 Å². The van der Waals surface area contributed by atoms with Crippen LogP contribution in [0.15, 0.2) is 48.7 Å². The monoisotopic (exact) mass is 259 g/mol. The molecule has 92 valence electrons. The summed E-state index contributed by atoms with van der Waals surface area (Å²) >= 11 is 5.21. The molecular formula is C14H13NO2S. The molecule has 0 amide bonds. The zero-order chi connectivity index (χ0) is 13.0. The van der Waals surface area contributed by atoms with Crippen LogP contribution in [-0.4, -0.2) is 15.1 Å². The summed E-state index contributed by atoms with van der Waals surface area (Å²) in [6.07, 6.45) is 1.52. The molecule has 18 heavy (non-hydrogen) atoms. The van der Waals surface area contributed by atoms with Gasteiger partial charge in [-0.3, -0.25) is 4.98 Å². The van der Waals surface area contributed by atoms with Crippen molar-refractivity contribution in [1.29, 1.82) is 0 Å². The second-order valence-electron chi connectivity index (χ2n) is 3.85. The number of thiocarbonyl (C=S) groups is 1. The van der Waals surface area contributed by atoms with Crippen LogP contribution in [0.2, 0.25) is 0 Å². The van der Waals surface area contributed by atoms with Gasteiger partial charge in [0, 0.05) is 11.8 Å². The molecule has 0 bridgehead atoms. The molecule has 0 fully saturated rings. The first-order valence-corrected chi connectivity index (χ1v) is 5.98. The minimum atomic E-state index is -0.201. The molecule has 2 rings (SSSR count). The van der Waals surface area contributed by atoms with E-state index in [1.165, 1.54) is 0 Å². The van der Waals surface area contributed by atoms with Gasteiger partial charge in [0.05, 0.1) is 5.69 Å². The van der Waals surface area contributed by atoms with Crippen molar-refractivity contribution in [2.45, 2.75) is 13.0 Å². The summed E-state index contributed by atoms with van der Waals surface area (Å²) in [5.41, 5.74) is 1.60. The molecule has 1 atom stereocenters. The summed E-state index contributed by atoms with van der Waals surface area (Å²) < 4.78 is 5.65. The lowest BCUT2D eigenvalue weighted by atomic mass is 10.2. The smallest absolute Gasteiger partial charge is 0.191 e. The maximum absolute atomic E-state index is 9.20. The lowest BCUT2D eigenvalue weighted by molar-refractivity contribution is 0.215. The number of pyridine rings is 1. The third-order valence-electron chi connectivity index (χ3n) is 2.49. The first-order chi connectivity index (χ1) is 8.66. The van der Waals surface area contributed by atoms with Crippen LogP contribution in [0.5, 0.6) is 5.75 Å². The summed E-state index contributed by atoms with van der Waals surface area (Å²) in [5.74, 6) is 0.208. The topological polar surface area (TPSA) is 42.4 Å². The van der Waals surface area contributed by atoms with Gasteiger partial charge in [-0.05, 0) is 55.5 Å². The Kier molecular flexibility index (Phi) is 3.89. The highest BCUT2D eigenvalue weighted by Crippen LogP contribution is 2.18. The zero-order valence-corrected chi connectivity index (χ0v) is 10.7. The van der Waals surface area contributed by atoms with Gasteiger partial charge < -0.3 is 9.84 Å². The highest BCUT2D eigenvalue weighted by molar-refractivity contribution is 7.80. The van der Waals surface area contributed by atoms with E-state index in [1.807, 2.05) is 25.1 Å². The van der Waals surface area contributed by atoms with Crippen molar-refractivity contribution in [2.75, 3.05) is 0 Å². The van der Waals surface area contributed by atoms with E-state index in [1.54, 1.807) is 30.5 Å². The summed E-state index contributed by atoms with van der Waals surface area (Å²) in [4.78, 5) is 4.21. The van der Waals surface area contributed by atoms with Crippen molar-refractivity contribution in [3.63, 3.8) is 0 Å². The first kappa shape index (κ1) is 12.5. The Hall–Kier alpha value is -1.94. The Balaban J connectivity index is 2.06. The van der Waals surface area contributed by atoms with Gasteiger partial charge in [-0.1, -0.05) is 6.07 Å². The van der Waals surface area contributed by atoms with Crippen LogP contribution in [0.3, 0.4) is 0 Å². The number of phenolic OH excluding ortho intramolecular Hbond substituents is 1. The lowest BCUT2D eigenvalue weighted by Gasteiger charge is -2.14.